The number of aromatic amines is 3. The second-order valence-corrected chi connectivity index (χ2v) is 11.8. The van der Waals surface area contributed by atoms with Crippen LogP contribution in [0.25, 0.3) is 65.9 Å². The Morgan fingerprint density at radius 1 is 0.490 bits per heavy atom. The van der Waals surface area contributed by atoms with Gasteiger partial charge in [-0.15, -0.1) is 0 Å². The van der Waals surface area contributed by atoms with Gasteiger partial charge in [0, 0.05) is 69.8 Å². The molecule has 0 unspecified atom stereocenters. The number of rotatable bonds is 10. The van der Waals surface area contributed by atoms with E-state index in [0.29, 0.717) is 37.6 Å². The highest BCUT2D eigenvalue weighted by Crippen LogP contribution is 2.34. The van der Waals surface area contributed by atoms with E-state index in [2.05, 4.69) is 84.8 Å². The first-order valence-electron chi connectivity index (χ1n) is 15.8. The maximum absolute atomic E-state index is 12.7. The van der Waals surface area contributed by atoms with Crippen LogP contribution in [0.15, 0.2) is 84.9 Å². The smallest absolute Gasteiger partial charge is 0.267 e. The van der Waals surface area contributed by atoms with Crippen molar-refractivity contribution >= 4 is 67.3 Å². The van der Waals surface area contributed by atoms with Crippen molar-refractivity contribution in [1.29, 1.82) is 10.8 Å². The zero-order chi connectivity index (χ0) is 34.1. The zero-order valence-electron chi connectivity index (χ0n) is 26.4. The molecular weight excluding hydrogens is 618 g/mol. The van der Waals surface area contributed by atoms with Gasteiger partial charge in [-0.05, 0) is 82.9 Å². The van der Waals surface area contributed by atoms with Gasteiger partial charge >= 0.3 is 0 Å². The van der Waals surface area contributed by atoms with Crippen molar-refractivity contribution in [1.82, 2.24) is 36.2 Å². The normalized spacial score (nSPS) is 11.3. The molecule has 13 N–H and O–H groups in total. The first-order valence-corrected chi connectivity index (χ1v) is 15.8. The molecule has 7 aromatic rings. The molecule has 49 heavy (non-hydrogen) atoms. The minimum absolute atomic E-state index is 0.135. The molecule has 4 aromatic carbocycles. The minimum Gasteiger partial charge on any atom is -0.370 e. The van der Waals surface area contributed by atoms with E-state index in [0.717, 1.165) is 65.9 Å². The van der Waals surface area contributed by atoms with Gasteiger partial charge in [0.05, 0.1) is 0 Å². The summed E-state index contributed by atoms with van der Waals surface area (Å²) in [7, 11) is 0. The first-order chi connectivity index (χ1) is 23.7. The molecule has 0 aliphatic carbocycles. The molecule has 13 heteroatoms. The van der Waals surface area contributed by atoms with Crippen LogP contribution in [0.5, 0.6) is 0 Å². The van der Waals surface area contributed by atoms with E-state index >= 15 is 0 Å². The van der Waals surface area contributed by atoms with Crippen LogP contribution >= 0.6 is 0 Å². The Hall–Kier alpha value is -6.76. The van der Waals surface area contributed by atoms with Crippen LogP contribution in [0.4, 0.5) is 0 Å². The van der Waals surface area contributed by atoms with E-state index in [1.165, 1.54) is 0 Å². The summed E-state index contributed by atoms with van der Waals surface area (Å²) < 4.78 is 0. The third kappa shape index (κ3) is 6.45. The van der Waals surface area contributed by atoms with Gasteiger partial charge in [0.2, 0.25) is 0 Å². The number of aromatic nitrogens is 3. The molecule has 3 heterocycles. The van der Waals surface area contributed by atoms with E-state index in [1.807, 2.05) is 36.4 Å². The summed E-state index contributed by atoms with van der Waals surface area (Å²) >= 11 is 0. The fourth-order valence-corrected chi connectivity index (χ4v) is 6.06. The van der Waals surface area contributed by atoms with Crippen LogP contribution in [-0.2, 0) is 0 Å². The van der Waals surface area contributed by atoms with Crippen molar-refractivity contribution in [3.8, 4) is 22.3 Å². The van der Waals surface area contributed by atoms with Gasteiger partial charge in [0.15, 0.2) is 11.9 Å². The molecular formula is C36H35N11O2. The van der Waals surface area contributed by atoms with Gasteiger partial charge in [-0.1, -0.05) is 24.3 Å². The van der Waals surface area contributed by atoms with Crippen LogP contribution in [0.1, 0.15) is 21.0 Å². The van der Waals surface area contributed by atoms with Crippen molar-refractivity contribution in [2.75, 3.05) is 26.2 Å². The first kappa shape index (κ1) is 30.9. The van der Waals surface area contributed by atoms with E-state index in [4.69, 9.17) is 22.3 Å². The standard InChI is InChI=1S/C36H35N11O2/c37-35(38)43-11-9-41-33(48)31-17-23-13-19(1-5-27(23)45-31)21-3-7-29-25(15-21)26-16-22(4-8-30(26)47-29)20-2-6-28-24(14-20)18-32(46-28)34(49)42-10-12-44-36(39)40/h1-8,13-18,45-47H,9-12H2,(H,41,48)(H,42,49)(H4,37,38,43)(H4,39,40,44). The number of nitrogens with one attached hydrogen (secondary N) is 9. The minimum atomic E-state index is -0.226. The van der Waals surface area contributed by atoms with Gasteiger partial charge in [-0.3, -0.25) is 20.4 Å². The number of fused-ring (bicyclic) bond motifs is 5. The van der Waals surface area contributed by atoms with Crippen molar-refractivity contribution in [2.45, 2.75) is 0 Å². The van der Waals surface area contributed by atoms with Crippen LogP contribution in [-0.4, -0.2) is 64.9 Å². The number of hydrogen-bond donors (Lipinski definition) is 11. The summed E-state index contributed by atoms with van der Waals surface area (Å²) in [6.07, 6.45) is 0. The molecule has 0 fully saturated rings. The lowest BCUT2D eigenvalue weighted by atomic mass is 9.99. The van der Waals surface area contributed by atoms with Gasteiger partial charge in [0.1, 0.15) is 11.4 Å². The third-order valence-corrected chi connectivity index (χ3v) is 8.45. The molecule has 246 valence electrons. The number of amides is 2. The van der Waals surface area contributed by atoms with Crippen LogP contribution in [0.2, 0.25) is 0 Å². The lowest BCUT2D eigenvalue weighted by Gasteiger charge is -2.05. The number of benzene rings is 4. The van der Waals surface area contributed by atoms with Gasteiger partial charge < -0.3 is 47.7 Å². The summed E-state index contributed by atoms with van der Waals surface area (Å²) in [5.41, 5.74) is 19.5. The average Bonchev–Trinajstić information content (AvgIpc) is 3.82. The molecule has 7 rings (SSSR count). The second kappa shape index (κ2) is 12.8. The molecule has 0 aliphatic rings. The summed E-state index contributed by atoms with van der Waals surface area (Å²) in [5, 5.41) is 29.5. The maximum atomic E-state index is 12.7. The quantitative estimate of drug-likeness (QED) is 0.0592. The van der Waals surface area contributed by atoms with Crippen molar-refractivity contribution in [3.63, 3.8) is 0 Å². The number of guanidine groups is 2. The molecule has 0 spiro atoms. The predicted molar refractivity (Wildman–Crippen MR) is 195 cm³/mol. The Bertz CT molecular complexity index is 2250. The summed E-state index contributed by atoms with van der Waals surface area (Å²) in [6, 6.07) is 28.6. The fraction of sp³-hybridized carbons (Fsp3) is 0.111. The van der Waals surface area contributed by atoms with Crippen molar-refractivity contribution in [2.24, 2.45) is 11.5 Å². The molecule has 0 bridgehead atoms. The molecule has 0 radical (unpaired) electrons. The van der Waals surface area contributed by atoms with Crippen molar-refractivity contribution < 1.29 is 9.59 Å². The maximum Gasteiger partial charge on any atom is 0.267 e. The van der Waals surface area contributed by atoms with Gasteiger partial charge in [0.25, 0.3) is 11.8 Å². The molecule has 3 aromatic heterocycles. The SMILES string of the molecule is N=C(N)NCCNC(=O)c1cc2cc(-c3ccc4[nH]c5ccc(-c6ccc7[nH]c(C(=O)NCCNC(=N)N)cc7c6)cc5c4c3)ccc2[nH]1. The highest BCUT2D eigenvalue weighted by Gasteiger charge is 2.13. The highest BCUT2D eigenvalue weighted by molar-refractivity contribution is 6.10. The Balaban J connectivity index is 1.13. The Morgan fingerprint density at radius 2 is 0.857 bits per heavy atom. The van der Waals surface area contributed by atoms with Gasteiger partial charge in [-0.2, -0.15) is 0 Å². The largest absolute Gasteiger partial charge is 0.370 e. The molecule has 0 atom stereocenters. The van der Waals surface area contributed by atoms with Gasteiger partial charge in [-0.25, -0.2) is 0 Å². The number of carbonyl (C=O) groups excluding carboxylic acids is 2. The van der Waals surface area contributed by atoms with Crippen molar-refractivity contribution in [3.05, 3.63) is 96.3 Å². The third-order valence-electron chi connectivity index (χ3n) is 8.45. The summed E-state index contributed by atoms with van der Waals surface area (Å²) in [4.78, 5) is 35.2. The van der Waals surface area contributed by atoms with E-state index in [-0.39, 0.29) is 23.7 Å². The molecule has 0 saturated carbocycles. The fourth-order valence-electron chi connectivity index (χ4n) is 6.06. The van der Waals surface area contributed by atoms with E-state index in [1.54, 1.807) is 0 Å². The molecule has 13 nitrogen and oxygen atoms in total. The lowest BCUT2D eigenvalue weighted by molar-refractivity contribution is 0.0942. The number of hydrogen-bond acceptors (Lipinski definition) is 4. The monoisotopic (exact) mass is 653 g/mol. The summed E-state index contributed by atoms with van der Waals surface area (Å²) in [6.45, 7) is 1.43. The Morgan fingerprint density at radius 3 is 1.27 bits per heavy atom. The number of H-pyrrole nitrogens is 3. The molecule has 0 aliphatic heterocycles. The summed E-state index contributed by atoms with van der Waals surface area (Å²) in [5.74, 6) is -0.722. The Kier molecular flexibility index (Phi) is 8.06. The number of carbonyl (C=O) groups is 2. The Labute approximate surface area is 279 Å². The lowest BCUT2D eigenvalue weighted by Crippen LogP contribution is -2.37. The van der Waals surface area contributed by atoms with E-state index < -0.39 is 0 Å². The number of nitrogens with two attached hydrogens (primary N) is 2. The average molecular weight is 654 g/mol. The zero-order valence-corrected chi connectivity index (χ0v) is 26.4. The van der Waals surface area contributed by atoms with Crippen LogP contribution in [0, 0.1) is 10.8 Å². The predicted octanol–water partition coefficient (Wildman–Crippen LogP) is 4.04. The van der Waals surface area contributed by atoms with Crippen LogP contribution in [0.3, 0.4) is 0 Å². The molecule has 2 amide bonds. The van der Waals surface area contributed by atoms with Crippen LogP contribution < -0.4 is 32.7 Å². The highest BCUT2D eigenvalue weighted by atomic mass is 16.2. The topological polar surface area (TPSA) is 229 Å². The van der Waals surface area contributed by atoms with E-state index in [9.17, 15) is 9.59 Å². The second-order valence-electron chi connectivity index (χ2n) is 11.8. The molecule has 0 saturated heterocycles.